The third-order valence-electron chi connectivity index (χ3n) is 2.76. The van der Waals surface area contributed by atoms with Gasteiger partial charge in [0.2, 0.25) is 5.91 Å². The van der Waals surface area contributed by atoms with Crippen LogP contribution < -0.4 is 10.1 Å². The number of rotatable bonds is 7. The van der Waals surface area contributed by atoms with E-state index in [0.717, 1.165) is 0 Å². The molecule has 0 aliphatic heterocycles. The van der Waals surface area contributed by atoms with Gasteiger partial charge in [0.1, 0.15) is 11.8 Å². The van der Waals surface area contributed by atoms with Crippen molar-refractivity contribution in [2.24, 2.45) is 5.92 Å². The molecule has 0 aliphatic carbocycles. The van der Waals surface area contributed by atoms with Crippen LogP contribution in [0.3, 0.4) is 0 Å². The number of carboxylic acid groups (broad SMARTS) is 1. The second kappa shape index (κ2) is 7.56. The average Bonchev–Trinajstić information content (AvgIpc) is 2.37. The lowest BCUT2D eigenvalue weighted by Crippen LogP contribution is -2.44. The van der Waals surface area contributed by atoms with E-state index in [9.17, 15) is 18.4 Å². The number of ether oxygens (including phenoxy) is 1. The highest BCUT2D eigenvalue weighted by molar-refractivity contribution is 5.85. The third kappa shape index (κ3) is 5.76. The van der Waals surface area contributed by atoms with E-state index in [1.54, 1.807) is 13.8 Å². The number of carbonyl (C=O) groups excluding carboxylic acids is 1. The molecule has 1 atom stereocenters. The fraction of sp³-hybridized carbons (Fsp3) is 0.429. The normalized spacial score (nSPS) is 12.3. The van der Waals surface area contributed by atoms with Crippen LogP contribution in [0.25, 0.3) is 0 Å². The van der Waals surface area contributed by atoms with Crippen LogP contribution in [0.2, 0.25) is 0 Å². The maximum atomic E-state index is 12.0. The molecule has 0 aliphatic rings. The summed E-state index contributed by atoms with van der Waals surface area (Å²) in [5.74, 6) is -1.79. The molecule has 0 bridgehead atoms. The van der Waals surface area contributed by atoms with Gasteiger partial charge >= 0.3 is 12.6 Å². The van der Waals surface area contributed by atoms with Crippen LogP contribution in [0.4, 0.5) is 8.78 Å². The molecule has 116 valence electrons. The second-order valence-corrected chi connectivity index (χ2v) is 4.83. The lowest BCUT2D eigenvalue weighted by atomic mass is 10.0. The highest BCUT2D eigenvalue weighted by atomic mass is 19.3. The molecular weight excluding hydrogens is 284 g/mol. The highest BCUT2D eigenvalue weighted by Gasteiger charge is 2.23. The summed E-state index contributed by atoms with van der Waals surface area (Å²) < 4.78 is 28.2. The van der Waals surface area contributed by atoms with Crippen LogP contribution in [0.1, 0.15) is 19.4 Å². The number of amides is 1. The first-order valence-electron chi connectivity index (χ1n) is 6.35. The van der Waals surface area contributed by atoms with E-state index >= 15 is 0 Å². The minimum absolute atomic E-state index is 0.000230. The largest absolute Gasteiger partial charge is 0.480 e. The first-order valence-corrected chi connectivity index (χ1v) is 6.35. The molecule has 0 heterocycles. The maximum Gasteiger partial charge on any atom is 0.387 e. The summed E-state index contributed by atoms with van der Waals surface area (Å²) in [4.78, 5) is 22.7. The lowest BCUT2D eigenvalue weighted by Gasteiger charge is -2.17. The Hall–Kier alpha value is -2.18. The molecule has 5 nitrogen and oxygen atoms in total. The molecule has 0 spiro atoms. The van der Waals surface area contributed by atoms with E-state index in [0.29, 0.717) is 5.56 Å². The van der Waals surface area contributed by atoms with Gasteiger partial charge in [-0.3, -0.25) is 4.79 Å². The maximum absolute atomic E-state index is 12.0. The van der Waals surface area contributed by atoms with Gasteiger partial charge in [-0.1, -0.05) is 26.0 Å². The van der Waals surface area contributed by atoms with Gasteiger partial charge in [0.05, 0.1) is 6.42 Å². The zero-order valence-corrected chi connectivity index (χ0v) is 11.7. The summed E-state index contributed by atoms with van der Waals surface area (Å²) >= 11 is 0. The Balaban J connectivity index is 2.60. The SMILES string of the molecule is CC(C)C(NC(=O)Cc1ccc(OC(F)F)cc1)C(=O)O. The Bertz CT molecular complexity index is 488. The molecule has 0 saturated heterocycles. The van der Waals surface area contributed by atoms with Gasteiger partial charge in [-0.05, 0) is 23.6 Å². The molecule has 1 rings (SSSR count). The quantitative estimate of drug-likeness (QED) is 0.808. The average molecular weight is 301 g/mol. The van der Waals surface area contributed by atoms with Crippen LogP contribution in [0, 0.1) is 5.92 Å². The smallest absolute Gasteiger partial charge is 0.387 e. The van der Waals surface area contributed by atoms with Crippen LogP contribution >= 0.6 is 0 Å². The first kappa shape index (κ1) is 16.9. The molecule has 0 saturated carbocycles. The molecule has 2 N–H and O–H groups in total. The number of hydrogen-bond acceptors (Lipinski definition) is 3. The number of halogens is 2. The lowest BCUT2D eigenvalue weighted by molar-refractivity contribution is -0.143. The molecule has 1 aromatic rings. The summed E-state index contributed by atoms with van der Waals surface area (Å²) in [5, 5.41) is 11.4. The van der Waals surface area contributed by atoms with Crippen molar-refractivity contribution in [3.05, 3.63) is 29.8 Å². The van der Waals surface area contributed by atoms with E-state index in [1.165, 1.54) is 24.3 Å². The molecule has 7 heteroatoms. The summed E-state index contributed by atoms with van der Waals surface area (Å²) in [7, 11) is 0. The monoisotopic (exact) mass is 301 g/mol. The highest BCUT2D eigenvalue weighted by Crippen LogP contribution is 2.15. The van der Waals surface area contributed by atoms with Gasteiger partial charge in [0.25, 0.3) is 0 Å². The van der Waals surface area contributed by atoms with Crippen LogP contribution in [0.15, 0.2) is 24.3 Å². The van der Waals surface area contributed by atoms with E-state index in [1.807, 2.05) is 0 Å². The van der Waals surface area contributed by atoms with E-state index < -0.39 is 24.5 Å². The van der Waals surface area contributed by atoms with Crippen molar-refractivity contribution in [2.45, 2.75) is 32.9 Å². The molecule has 1 aromatic carbocycles. The van der Waals surface area contributed by atoms with Gasteiger partial charge in [-0.2, -0.15) is 8.78 Å². The van der Waals surface area contributed by atoms with Crippen molar-refractivity contribution in [3.63, 3.8) is 0 Å². The Morgan fingerprint density at radius 3 is 2.24 bits per heavy atom. The minimum atomic E-state index is -2.90. The molecule has 0 radical (unpaired) electrons. The van der Waals surface area contributed by atoms with Gasteiger partial charge in [0, 0.05) is 0 Å². The number of alkyl halides is 2. The molecule has 0 aromatic heterocycles. The van der Waals surface area contributed by atoms with Crippen molar-refractivity contribution >= 4 is 11.9 Å². The summed E-state index contributed by atoms with van der Waals surface area (Å²) in [5.41, 5.74) is 0.571. The Morgan fingerprint density at radius 1 is 1.24 bits per heavy atom. The van der Waals surface area contributed by atoms with E-state index in [2.05, 4.69) is 10.1 Å². The van der Waals surface area contributed by atoms with Gasteiger partial charge in [-0.25, -0.2) is 4.79 Å². The number of benzene rings is 1. The number of carboxylic acids is 1. The molecule has 21 heavy (non-hydrogen) atoms. The number of nitrogens with one attached hydrogen (secondary N) is 1. The van der Waals surface area contributed by atoms with E-state index in [4.69, 9.17) is 5.11 Å². The number of aliphatic carboxylic acids is 1. The Kier molecular flexibility index (Phi) is 6.08. The van der Waals surface area contributed by atoms with Crippen molar-refractivity contribution < 1.29 is 28.2 Å². The fourth-order valence-corrected chi connectivity index (χ4v) is 1.71. The topological polar surface area (TPSA) is 75.6 Å². The zero-order valence-electron chi connectivity index (χ0n) is 11.7. The zero-order chi connectivity index (χ0) is 16.0. The predicted octanol–water partition coefficient (Wildman–Crippen LogP) is 2.06. The Labute approximate surface area is 120 Å². The van der Waals surface area contributed by atoms with Crippen molar-refractivity contribution in [1.29, 1.82) is 0 Å². The van der Waals surface area contributed by atoms with Gasteiger partial charge < -0.3 is 15.2 Å². The second-order valence-electron chi connectivity index (χ2n) is 4.83. The first-order chi connectivity index (χ1) is 9.79. The minimum Gasteiger partial charge on any atom is -0.480 e. The van der Waals surface area contributed by atoms with Crippen LogP contribution in [-0.4, -0.2) is 29.6 Å². The summed E-state index contributed by atoms with van der Waals surface area (Å²) in [6.07, 6.45) is -0.0363. The fourth-order valence-electron chi connectivity index (χ4n) is 1.71. The number of hydrogen-bond donors (Lipinski definition) is 2. The predicted molar refractivity (Wildman–Crippen MR) is 71.2 cm³/mol. The van der Waals surface area contributed by atoms with Crippen molar-refractivity contribution in [1.82, 2.24) is 5.32 Å². The van der Waals surface area contributed by atoms with Crippen LogP contribution in [0.5, 0.6) is 5.75 Å². The molecular formula is C14H17F2NO4. The van der Waals surface area contributed by atoms with Gasteiger partial charge in [-0.15, -0.1) is 0 Å². The van der Waals surface area contributed by atoms with Gasteiger partial charge in [0.15, 0.2) is 0 Å². The summed E-state index contributed by atoms with van der Waals surface area (Å²) in [6, 6.07) is 4.64. The van der Waals surface area contributed by atoms with Crippen molar-refractivity contribution in [2.75, 3.05) is 0 Å². The third-order valence-corrected chi connectivity index (χ3v) is 2.76. The molecule has 1 amide bonds. The molecule has 0 fully saturated rings. The van der Waals surface area contributed by atoms with E-state index in [-0.39, 0.29) is 18.1 Å². The number of carbonyl (C=O) groups is 2. The van der Waals surface area contributed by atoms with Crippen molar-refractivity contribution in [3.8, 4) is 5.75 Å². The summed E-state index contributed by atoms with van der Waals surface area (Å²) in [6.45, 7) is 0.479. The standard InChI is InChI=1S/C14H17F2NO4/c1-8(2)12(13(19)20)17-11(18)7-9-3-5-10(6-4-9)21-14(15)16/h3-6,8,12,14H,7H2,1-2H3,(H,17,18)(H,19,20). The molecule has 1 unspecified atom stereocenters. The van der Waals surface area contributed by atoms with Crippen LogP contribution in [-0.2, 0) is 16.0 Å². The Morgan fingerprint density at radius 2 is 1.81 bits per heavy atom.